The third-order valence-corrected chi connectivity index (χ3v) is 4.14. The van der Waals surface area contributed by atoms with Crippen LogP contribution < -0.4 is 10.9 Å². The topological polar surface area (TPSA) is 81.9 Å². The second-order valence-corrected chi connectivity index (χ2v) is 5.78. The largest absolute Gasteiger partial charge is 0.377 e. The fourth-order valence-corrected chi connectivity index (χ4v) is 2.75. The average Bonchev–Trinajstić information content (AvgIpc) is 3.29. The van der Waals surface area contributed by atoms with Gasteiger partial charge in [-0.25, -0.2) is 14.6 Å². The first-order valence-corrected chi connectivity index (χ1v) is 7.51. The summed E-state index contributed by atoms with van der Waals surface area (Å²) in [4.78, 5) is 20.7. The first kappa shape index (κ1) is 13.4. The van der Waals surface area contributed by atoms with Gasteiger partial charge in [-0.1, -0.05) is 0 Å². The third-order valence-electron chi connectivity index (χ3n) is 4.14. The molecule has 1 aliphatic carbocycles. The number of rotatable bonds is 4. The molecule has 1 N–H and O–H groups in total. The predicted molar refractivity (Wildman–Crippen MR) is 79.8 cm³/mol. The summed E-state index contributed by atoms with van der Waals surface area (Å²) in [5.74, 6) is 1.21. The smallest absolute Gasteiger partial charge is 0.267 e. The van der Waals surface area contributed by atoms with Crippen LogP contribution in [-0.2, 0) is 4.74 Å². The average molecular weight is 299 g/mol. The Kier molecular flexibility index (Phi) is 3.34. The zero-order valence-electron chi connectivity index (χ0n) is 12.1. The van der Waals surface area contributed by atoms with E-state index in [0.29, 0.717) is 25.1 Å². The van der Waals surface area contributed by atoms with Crippen molar-refractivity contribution in [1.29, 1.82) is 0 Å². The van der Waals surface area contributed by atoms with Crippen LogP contribution in [-0.4, -0.2) is 39.0 Å². The van der Waals surface area contributed by atoms with Crippen LogP contribution in [0.15, 0.2) is 35.5 Å². The van der Waals surface area contributed by atoms with Gasteiger partial charge in [0.15, 0.2) is 0 Å². The lowest BCUT2D eigenvalue weighted by atomic mass is 10.2. The van der Waals surface area contributed by atoms with E-state index in [1.807, 2.05) is 12.4 Å². The van der Waals surface area contributed by atoms with Crippen molar-refractivity contribution in [3.8, 4) is 0 Å². The summed E-state index contributed by atoms with van der Waals surface area (Å²) in [5, 5.41) is 7.40. The number of hydrogen-bond donors (Lipinski definition) is 1. The van der Waals surface area contributed by atoms with Crippen LogP contribution in [0.3, 0.4) is 0 Å². The Morgan fingerprint density at radius 1 is 1.23 bits per heavy atom. The maximum Gasteiger partial charge on any atom is 0.267 e. The summed E-state index contributed by atoms with van der Waals surface area (Å²) in [7, 11) is 0. The Morgan fingerprint density at radius 2 is 2.05 bits per heavy atom. The standard InChI is InChI=1S/C15H17N5O2/c21-14-2-1-5-18-20(14)13-9-22-8-12(13)19-15-16-6-11(7-17-15)10-3-4-10/h1-2,5-7,10,12-13H,3-4,8-9H2,(H,16,17,19). The summed E-state index contributed by atoms with van der Waals surface area (Å²) >= 11 is 0. The second kappa shape index (κ2) is 5.49. The number of ether oxygens (including phenoxy) is 1. The summed E-state index contributed by atoms with van der Waals surface area (Å²) < 4.78 is 6.97. The van der Waals surface area contributed by atoms with Gasteiger partial charge in [0.05, 0.1) is 19.3 Å². The van der Waals surface area contributed by atoms with Crippen molar-refractivity contribution in [3.05, 3.63) is 46.6 Å². The Bertz CT molecular complexity index is 710. The Hall–Kier alpha value is -2.28. The molecular formula is C15H17N5O2. The molecule has 0 bridgehead atoms. The predicted octanol–water partition coefficient (Wildman–Crippen LogP) is 0.963. The normalized spacial score (nSPS) is 24.4. The minimum absolute atomic E-state index is 0.0700. The van der Waals surface area contributed by atoms with E-state index in [1.165, 1.54) is 29.2 Å². The van der Waals surface area contributed by atoms with Gasteiger partial charge in [-0.3, -0.25) is 4.79 Å². The van der Waals surface area contributed by atoms with Crippen molar-refractivity contribution in [2.75, 3.05) is 18.5 Å². The molecule has 0 amide bonds. The first-order chi connectivity index (χ1) is 10.8. The van der Waals surface area contributed by atoms with Gasteiger partial charge >= 0.3 is 0 Å². The summed E-state index contributed by atoms with van der Waals surface area (Å²) in [6, 6.07) is 2.92. The van der Waals surface area contributed by atoms with E-state index in [4.69, 9.17) is 4.74 Å². The summed E-state index contributed by atoms with van der Waals surface area (Å²) in [5.41, 5.74) is 1.07. The highest BCUT2D eigenvalue weighted by Crippen LogP contribution is 2.39. The first-order valence-electron chi connectivity index (χ1n) is 7.51. The van der Waals surface area contributed by atoms with E-state index >= 15 is 0 Å². The quantitative estimate of drug-likeness (QED) is 0.905. The highest BCUT2D eigenvalue weighted by molar-refractivity contribution is 5.29. The van der Waals surface area contributed by atoms with Gasteiger partial charge in [0, 0.05) is 24.7 Å². The van der Waals surface area contributed by atoms with Crippen LogP contribution in [0.2, 0.25) is 0 Å². The Morgan fingerprint density at radius 3 is 2.77 bits per heavy atom. The van der Waals surface area contributed by atoms with Crippen LogP contribution in [0, 0.1) is 0 Å². The molecule has 2 aliphatic rings. The lowest BCUT2D eigenvalue weighted by Gasteiger charge is -2.19. The molecule has 1 saturated heterocycles. The van der Waals surface area contributed by atoms with Crippen molar-refractivity contribution in [1.82, 2.24) is 19.7 Å². The van der Waals surface area contributed by atoms with E-state index in [0.717, 1.165) is 0 Å². The molecule has 2 atom stereocenters. The molecule has 2 unspecified atom stereocenters. The fourth-order valence-electron chi connectivity index (χ4n) is 2.75. The van der Waals surface area contributed by atoms with Gasteiger partial charge in [0.2, 0.25) is 5.95 Å². The molecule has 0 radical (unpaired) electrons. The van der Waals surface area contributed by atoms with Crippen LogP contribution in [0.25, 0.3) is 0 Å². The SMILES string of the molecule is O=c1cccnn1C1COCC1Nc1ncc(C2CC2)cn1. The van der Waals surface area contributed by atoms with Crippen LogP contribution in [0.5, 0.6) is 0 Å². The van der Waals surface area contributed by atoms with Crippen LogP contribution in [0.1, 0.15) is 30.4 Å². The van der Waals surface area contributed by atoms with Crippen molar-refractivity contribution < 1.29 is 4.74 Å². The lowest BCUT2D eigenvalue weighted by molar-refractivity contribution is 0.182. The number of nitrogens with zero attached hydrogens (tertiary/aromatic N) is 4. The van der Waals surface area contributed by atoms with Gasteiger partial charge in [-0.2, -0.15) is 5.10 Å². The third kappa shape index (κ3) is 2.59. The summed E-state index contributed by atoms with van der Waals surface area (Å²) in [6.07, 6.45) is 7.84. The van der Waals surface area contributed by atoms with Gasteiger partial charge in [-0.05, 0) is 30.4 Å². The molecular weight excluding hydrogens is 282 g/mol. The molecule has 1 aliphatic heterocycles. The second-order valence-electron chi connectivity index (χ2n) is 5.78. The minimum atomic E-state index is -0.152. The van der Waals surface area contributed by atoms with Gasteiger partial charge in [0.25, 0.3) is 5.56 Å². The maximum absolute atomic E-state index is 11.9. The molecule has 7 nitrogen and oxygen atoms in total. The monoisotopic (exact) mass is 299 g/mol. The number of hydrogen-bond acceptors (Lipinski definition) is 6. The maximum atomic E-state index is 11.9. The zero-order chi connectivity index (χ0) is 14.9. The zero-order valence-corrected chi connectivity index (χ0v) is 12.1. The van der Waals surface area contributed by atoms with Crippen molar-refractivity contribution in [3.63, 3.8) is 0 Å². The lowest BCUT2D eigenvalue weighted by Crippen LogP contribution is -2.37. The van der Waals surface area contributed by atoms with Crippen LogP contribution >= 0.6 is 0 Å². The molecule has 2 fully saturated rings. The molecule has 22 heavy (non-hydrogen) atoms. The van der Waals surface area contributed by atoms with Gasteiger partial charge in [-0.15, -0.1) is 0 Å². The van der Waals surface area contributed by atoms with Gasteiger partial charge in [0.1, 0.15) is 6.04 Å². The molecule has 114 valence electrons. The molecule has 7 heteroatoms. The molecule has 2 aromatic rings. The van der Waals surface area contributed by atoms with Crippen molar-refractivity contribution >= 4 is 5.95 Å². The Balaban J connectivity index is 1.51. The highest BCUT2D eigenvalue weighted by Gasteiger charge is 2.32. The fraction of sp³-hybridized carbons (Fsp3) is 0.467. The molecule has 1 saturated carbocycles. The van der Waals surface area contributed by atoms with E-state index < -0.39 is 0 Å². The number of nitrogens with one attached hydrogen (secondary N) is 1. The van der Waals surface area contributed by atoms with E-state index in [-0.39, 0.29) is 17.6 Å². The molecule has 3 heterocycles. The van der Waals surface area contributed by atoms with Crippen molar-refractivity contribution in [2.45, 2.75) is 30.8 Å². The minimum Gasteiger partial charge on any atom is -0.377 e. The van der Waals surface area contributed by atoms with E-state index in [1.54, 1.807) is 12.3 Å². The summed E-state index contributed by atoms with van der Waals surface area (Å²) in [6.45, 7) is 0.955. The van der Waals surface area contributed by atoms with Crippen LogP contribution in [0.4, 0.5) is 5.95 Å². The van der Waals surface area contributed by atoms with E-state index in [2.05, 4.69) is 20.4 Å². The highest BCUT2D eigenvalue weighted by atomic mass is 16.5. The van der Waals surface area contributed by atoms with E-state index in [9.17, 15) is 4.79 Å². The molecule has 0 spiro atoms. The number of aromatic nitrogens is 4. The van der Waals surface area contributed by atoms with Gasteiger partial charge < -0.3 is 10.1 Å². The van der Waals surface area contributed by atoms with Crippen molar-refractivity contribution in [2.24, 2.45) is 0 Å². The molecule has 2 aromatic heterocycles. The molecule has 4 rings (SSSR count). The Labute approximate surface area is 127 Å². The number of anilines is 1. The molecule has 0 aromatic carbocycles.